The number of H-pyrrole nitrogens is 1. The molecule has 1 N–H and O–H groups in total. The molecular formula is C25H22ClFN2O7. The van der Waals surface area contributed by atoms with Crippen molar-refractivity contribution in [1.29, 1.82) is 0 Å². The topological polar surface area (TPSA) is 117 Å². The number of hydrogen-bond acceptors (Lipinski definition) is 7. The number of carbonyl (C=O) groups excluding carboxylic acids is 2. The number of esters is 2. The number of nitrogens with one attached hydrogen (secondary N) is 1. The third-order valence-corrected chi connectivity index (χ3v) is 6.04. The van der Waals surface area contributed by atoms with Crippen LogP contribution in [0.4, 0.5) is 4.39 Å². The van der Waals surface area contributed by atoms with Gasteiger partial charge in [0.2, 0.25) is 0 Å². The van der Waals surface area contributed by atoms with Gasteiger partial charge < -0.3 is 14.2 Å². The zero-order valence-electron chi connectivity index (χ0n) is 19.3. The number of aryl methyl sites for hydroxylation is 2. The van der Waals surface area contributed by atoms with Crippen molar-refractivity contribution >= 4 is 23.5 Å². The van der Waals surface area contributed by atoms with Crippen LogP contribution >= 0.6 is 11.6 Å². The van der Waals surface area contributed by atoms with Crippen LogP contribution in [0.3, 0.4) is 0 Å². The number of nitrogens with zero attached hydrogens (tertiary/aromatic N) is 1. The van der Waals surface area contributed by atoms with E-state index in [1.807, 2.05) is 18.8 Å². The number of carbonyl (C=O) groups is 2. The van der Waals surface area contributed by atoms with E-state index < -0.39 is 53.4 Å². The molecule has 0 unspecified atom stereocenters. The highest BCUT2D eigenvalue weighted by Gasteiger charge is 2.61. The number of benzene rings is 2. The molecule has 9 nitrogen and oxygen atoms in total. The van der Waals surface area contributed by atoms with E-state index in [1.165, 1.54) is 12.1 Å². The summed E-state index contributed by atoms with van der Waals surface area (Å²) >= 11 is 6.19. The van der Waals surface area contributed by atoms with Crippen LogP contribution in [0.5, 0.6) is 0 Å². The summed E-state index contributed by atoms with van der Waals surface area (Å²) in [6.45, 7) is 3.15. The number of alkyl halides is 2. The molecule has 1 fully saturated rings. The van der Waals surface area contributed by atoms with E-state index in [4.69, 9.17) is 25.8 Å². The maximum Gasteiger partial charge on any atom is 0.338 e. The Kier molecular flexibility index (Phi) is 7.09. The molecule has 36 heavy (non-hydrogen) atoms. The maximum absolute atomic E-state index is 16.0. The first-order valence-electron chi connectivity index (χ1n) is 10.9. The van der Waals surface area contributed by atoms with Crippen molar-refractivity contribution in [2.45, 2.75) is 37.4 Å². The zero-order chi connectivity index (χ0) is 26.0. The lowest BCUT2D eigenvalue weighted by atomic mass is 10.1. The Bertz CT molecular complexity index is 1380. The average Bonchev–Trinajstić information content (AvgIpc) is 3.08. The molecule has 2 aromatic carbocycles. The summed E-state index contributed by atoms with van der Waals surface area (Å²) in [5.74, 6) is -1.61. The van der Waals surface area contributed by atoms with Crippen LogP contribution in [-0.2, 0) is 14.2 Å². The Hall–Kier alpha value is -3.76. The second-order valence-corrected chi connectivity index (χ2v) is 8.95. The lowest BCUT2D eigenvalue weighted by molar-refractivity contribution is -0.0601. The Morgan fingerprint density at radius 1 is 1.00 bits per heavy atom. The molecule has 1 aliphatic rings. The predicted octanol–water partition coefficient (Wildman–Crippen LogP) is 3.04. The molecule has 4 rings (SSSR count). The molecule has 4 atom stereocenters. The van der Waals surface area contributed by atoms with Crippen LogP contribution in [0.25, 0.3) is 0 Å². The molecule has 0 bridgehead atoms. The lowest BCUT2D eigenvalue weighted by Crippen LogP contribution is -2.44. The van der Waals surface area contributed by atoms with E-state index in [2.05, 4.69) is 0 Å². The summed E-state index contributed by atoms with van der Waals surface area (Å²) in [4.78, 5) is 51.0. The second-order valence-electron chi connectivity index (χ2n) is 8.38. The minimum absolute atomic E-state index is 0.133. The van der Waals surface area contributed by atoms with Crippen molar-refractivity contribution in [3.05, 3.63) is 104 Å². The van der Waals surface area contributed by atoms with Crippen molar-refractivity contribution in [2.24, 2.45) is 0 Å². The van der Waals surface area contributed by atoms with Crippen LogP contribution in [0.1, 0.15) is 38.1 Å². The van der Waals surface area contributed by atoms with E-state index in [0.29, 0.717) is 0 Å². The van der Waals surface area contributed by atoms with Gasteiger partial charge in [-0.1, -0.05) is 47.0 Å². The van der Waals surface area contributed by atoms with Crippen molar-refractivity contribution < 1.29 is 28.2 Å². The summed E-state index contributed by atoms with van der Waals surface area (Å²) in [7, 11) is 0. The van der Waals surface area contributed by atoms with Crippen molar-refractivity contribution in [3.8, 4) is 0 Å². The van der Waals surface area contributed by atoms with Gasteiger partial charge in [0.25, 0.3) is 10.7 Å². The summed E-state index contributed by atoms with van der Waals surface area (Å²) in [5, 5.41) is -2.96. The van der Waals surface area contributed by atoms with Gasteiger partial charge in [-0.15, -0.1) is 0 Å². The lowest BCUT2D eigenvalue weighted by Gasteiger charge is -2.25. The van der Waals surface area contributed by atoms with Crippen molar-refractivity contribution in [1.82, 2.24) is 9.55 Å². The normalized spacial score (nSPS) is 23.3. The molecule has 188 valence electrons. The second kappa shape index (κ2) is 10.1. The quantitative estimate of drug-likeness (QED) is 0.395. The Morgan fingerprint density at radius 3 is 2.11 bits per heavy atom. The van der Waals surface area contributed by atoms with Crippen LogP contribution in [0.15, 0.2) is 70.4 Å². The first kappa shape index (κ1) is 25.3. The molecule has 2 heterocycles. The van der Waals surface area contributed by atoms with Crippen molar-refractivity contribution in [3.63, 3.8) is 0 Å². The number of aromatic nitrogens is 2. The number of ether oxygens (including phenoxy) is 3. The fourth-order valence-electron chi connectivity index (χ4n) is 3.66. The first-order chi connectivity index (χ1) is 17.1. The highest BCUT2D eigenvalue weighted by molar-refractivity contribution is 6.23. The summed E-state index contributed by atoms with van der Waals surface area (Å²) in [5.41, 5.74) is 0.514. The Morgan fingerprint density at radius 2 is 1.56 bits per heavy atom. The molecule has 11 heteroatoms. The monoisotopic (exact) mass is 516 g/mol. The van der Waals surface area contributed by atoms with Crippen LogP contribution in [0, 0.1) is 13.8 Å². The molecule has 0 amide bonds. The van der Waals surface area contributed by atoms with E-state index in [0.717, 1.165) is 28.0 Å². The van der Waals surface area contributed by atoms with Gasteiger partial charge in [-0.25, -0.2) is 18.8 Å². The van der Waals surface area contributed by atoms with Gasteiger partial charge in [0.1, 0.15) is 12.7 Å². The highest BCUT2D eigenvalue weighted by Crippen LogP contribution is 2.46. The minimum atomic E-state index is -2.96. The smallest absolute Gasteiger partial charge is 0.338 e. The summed E-state index contributed by atoms with van der Waals surface area (Å²) in [6, 6.07) is 13.9. The molecule has 0 aliphatic carbocycles. The highest BCUT2D eigenvalue weighted by atomic mass is 35.5. The van der Waals surface area contributed by atoms with Gasteiger partial charge in [0.05, 0.1) is 11.1 Å². The number of aromatic amines is 1. The average molecular weight is 517 g/mol. The van der Waals surface area contributed by atoms with Gasteiger partial charge in [0.15, 0.2) is 12.3 Å². The van der Waals surface area contributed by atoms with Crippen LogP contribution in [0.2, 0.25) is 0 Å². The number of halogens is 2. The van der Waals surface area contributed by atoms with E-state index in [-0.39, 0.29) is 11.1 Å². The molecule has 0 spiro atoms. The van der Waals surface area contributed by atoms with Crippen LogP contribution in [-0.4, -0.2) is 45.4 Å². The van der Waals surface area contributed by atoms with Gasteiger partial charge in [-0.05, 0) is 38.1 Å². The first-order valence-corrected chi connectivity index (χ1v) is 11.3. The molecule has 1 aromatic heterocycles. The maximum atomic E-state index is 16.0. The SMILES string of the molecule is Cc1ccc(C(=O)OC[C@@H]2O[C@@H](n3ccc(=O)[nH]c3=O)[C@@](F)(Cl)[C@@H]2OC(=O)c2ccc(C)cc2)cc1. The largest absolute Gasteiger partial charge is 0.459 e. The van der Waals surface area contributed by atoms with Gasteiger partial charge in [-0.3, -0.25) is 14.3 Å². The molecule has 0 radical (unpaired) electrons. The zero-order valence-corrected chi connectivity index (χ0v) is 20.0. The molecule has 1 saturated heterocycles. The third kappa shape index (κ3) is 5.24. The fourth-order valence-corrected chi connectivity index (χ4v) is 4.01. The standard InChI is InChI=1S/C25H22ClFN2O7/c1-14-3-7-16(8-4-14)21(31)34-13-18-20(36-22(32)17-9-5-15(2)6-10-17)25(26,27)23(35-18)29-12-11-19(30)28-24(29)33/h3-12,18,20,23H,13H2,1-2H3,(H,28,30,33)/t18-,20+,23+,25+/m0/s1. The Balaban J connectivity index is 1.61. The summed E-state index contributed by atoms with van der Waals surface area (Å²) < 4.78 is 33.0. The van der Waals surface area contributed by atoms with Crippen LogP contribution < -0.4 is 11.2 Å². The van der Waals surface area contributed by atoms with Gasteiger partial charge in [0, 0.05) is 12.3 Å². The minimum Gasteiger partial charge on any atom is -0.459 e. The van der Waals surface area contributed by atoms with E-state index >= 15 is 4.39 Å². The number of hydrogen-bond donors (Lipinski definition) is 1. The molecular weight excluding hydrogens is 495 g/mol. The molecule has 1 aliphatic heterocycles. The van der Waals surface area contributed by atoms with E-state index in [1.54, 1.807) is 36.4 Å². The number of rotatable bonds is 6. The molecule has 3 aromatic rings. The van der Waals surface area contributed by atoms with E-state index in [9.17, 15) is 19.2 Å². The third-order valence-electron chi connectivity index (χ3n) is 5.64. The molecule has 0 saturated carbocycles. The van der Waals surface area contributed by atoms with Gasteiger partial charge in [-0.2, -0.15) is 0 Å². The predicted molar refractivity (Wildman–Crippen MR) is 127 cm³/mol. The Labute approximate surface area is 209 Å². The summed E-state index contributed by atoms with van der Waals surface area (Å²) in [6.07, 6.45) is -3.95. The fraction of sp³-hybridized carbons (Fsp3) is 0.280. The van der Waals surface area contributed by atoms with Crippen molar-refractivity contribution in [2.75, 3.05) is 6.61 Å². The van der Waals surface area contributed by atoms with Gasteiger partial charge >= 0.3 is 17.6 Å².